The Hall–Kier alpha value is -2.54. The lowest BCUT2D eigenvalue weighted by Crippen LogP contribution is -2.48. The number of pyridine rings is 1. The number of carbonyl (C=O) groups excluding carboxylic acids is 1. The van der Waals surface area contributed by atoms with Gasteiger partial charge in [0.25, 0.3) is 5.91 Å². The summed E-state index contributed by atoms with van der Waals surface area (Å²) in [5.74, 6) is -1.50. The summed E-state index contributed by atoms with van der Waals surface area (Å²) in [6.07, 6.45) is 1.40. The molecule has 0 aliphatic carbocycles. The zero-order chi connectivity index (χ0) is 17.8. The SMILES string of the molecule is CCN1CCN(C(=O)c2ccc(Nc3c(F)cccc3F)cn2)CC1. The first-order valence-corrected chi connectivity index (χ1v) is 8.27. The lowest BCUT2D eigenvalue weighted by molar-refractivity contribution is 0.0637. The molecule has 0 spiro atoms. The van der Waals surface area contributed by atoms with Crippen molar-refractivity contribution in [3.63, 3.8) is 0 Å². The van der Waals surface area contributed by atoms with Gasteiger partial charge in [-0.1, -0.05) is 13.0 Å². The number of benzene rings is 1. The van der Waals surface area contributed by atoms with Crippen molar-refractivity contribution in [3.8, 4) is 0 Å². The van der Waals surface area contributed by atoms with Crippen LogP contribution in [0.5, 0.6) is 0 Å². The van der Waals surface area contributed by atoms with E-state index in [2.05, 4.69) is 22.1 Å². The molecule has 2 heterocycles. The van der Waals surface area contributed by atoms with Gasteiger partial charge in [0.2, 0.25) is 0 Å². The van der Waals surface area contributed by atoms with Crippen LogP contribution in [0.4, 0.5) is 20.2 Å². The predicted molar refractivity (Wildman–Crippen MR) is 91.9 cm³/mol. The van der Waals surface area contributed by atoms with Crippen LogP contribution in [-0.4, -0.2) is 53.4 Å². The molecule has 0 unspecified atom stereocenters. The van der Waals surface area contributed by atoms with E-state index in [4.69, 9.17) is 0 Å². The molecule has 0 radical (unpaired) electrons. The summed E-state index contributed by atoms with van der Waals surface area (Å²) in [4.78, 5) is 20.7. The number of piperazine rings is 1. The maximum atomic E-state index is 13.7. The zero-order valence-electron chi connectivity index (χ0n) is 14.0. The topological polar surface area (TPSA) is 48.5 Å². The van der Waals surface area contributed by atoms with Crippen LogP contribution < -0.4 is 5.32 Å². The number of aromatic nitrogens is 1. The van der Waals surface area contributed by atoms with E-state index in [-0.39, 0.29) is 11.6 Å². The molecule has 25 heavy (non-hydrogen) atoms. The highest BCUT2D eigenvalue weighted by Crippen LogP contribution is 2.22. The smallest absolute Gasteiger partial charge is 0.272 e. The quantitative estimate of drug-likeness (QED) is 0.925. The van der Waals surface area contributed by atoms with Crippen molar-refractivity contribution in [1.82, 2.24) is 14.8 Å². The van der Waals surface area contributed by atoms with Gasteiger partial charge in [0, 0.05) is 26.2 Å². The molecule has 7 heteroatoms. The lowest BCUT2D eigenvalue weighted by atomic mass is 10.2. The number of hydrogen-bond acceptors (Lipinski definition) is 4. The number of rotatable bonds is 4. The van der Waals surface area contributed by atoms with Crippen LogP contribution in [0.15, 0.2) is 36.5 Å². The second-order valence-corrected chi connectivity index (χ2v) is 5.88. The average Bonchev–Trinajstić information content (AvgIpc) is 2.65. The second kappa shape index (κ2) is 7.57. The monoisotopic (exact) mass is 346 g/mol. The van der Waals surface area contributed by atoms with E-state index in [9.17, 15) is 13.6 Å². The minimum atomic E-state index is -0.686. The fourth-order valence-corrected chi connectivity index (χ4v) is 2.79. The molecule has 0 saturated carbocycles. The number of carbonyl (C=O) groups is 1. The summed E-state index contributed by atoms with van der Waals surface area (Å²) in [6.45, 7) is 6.14. The van der Waals surface area contributed by atoms with Crippen molar-refractivity contribution in [1.29, 1.82) is 0 Å². The van der Waals surface area contributed by atoms with E-state index in [1.807, 2.05) is 0 Å². The first-order chi connectivity index (χ1) is 12.1. The molecule has 1 saturated heterocycles. The fraction of sp³-hybridized carbons (Fsp3) is 0.333. The molecule has 0 atom stereocenters. The molecular weight excluding hydrogens is 326 g/mol. The summed E-state index contributed by atoms with van der Waals surface area (Å²) in [6, 6.07) is 6.80. The van der Waals surface area contributed by atoms with Crippen LogP contribution in [0.25, 0.3) is 0 Å². The Morgan fingerprint density at radius 2 is 1.80 bits per heavy atom. The van der Waals surface area contributed by atoms with Crippen LogP contribution >= 0.6 is 0 Å². The van der Waals surface area contributed by atoms with Gasteiger partial charge in [-0.15, -0.1) is 0 Å². The Labute approximate surface area is 145 Å². The highest BCUT2D eigenvalue weighted by molar-refractivity contribution is 5.92. The van der Waals surface area contributed by atoms with Crippen LogP contribution in [-0.2, 0) is 0 Å². The molecule has 5 nitrogen and oxygen atoms in total. The van der Waals surface area contributed by atoms with Gasteiger partial charge in [0.1, 0.15) is 23.0 Å². The Morgan fingerprint density at radius 3 is 2.36 bits per heavy atom. The fourth-order valence-electron chi connectivity index (χ4n) is 2.79. The van der Waals surface area contributed by atoms with E-state index in [1.54, 1.807) is 17.0 Å². The Bertz CT molecular complexity index is 723. The van der Waals surface area contributed by atoms with Crippen molar-refractivity contribution in [2.24, 2.45) is 0 Å². The standard InChI is InChI=1S/C18H20F2N4O/c1-2-23-8-10-24(11-9-23)18(25)16-7-6-13(12-21-16)22-17-14(19)4-3-5-15(17)20/h3-7,12,22H,2,8-11H2,1H3. The lowest BCUT2D eigenvalue weighted by Gasteiger charge is -2.33. The van der Waals surface area contributed by atoms with Gasteiger partial charge in [-0.25, -0.2) is 13.8 Å². The Balaban J connectivity index is 1.67. The van der Waals surface area contributed by atoms with Crippen molar-refractivity contribution in [2.45, 2.75) is 6.92 Å². The normalized spacial score (nSPS) is 15.2. The van der Waals surface area contributed by atoms with Gasteiger partial charge >= 0.3 is 0 Å². The van der Waals surface area contributed by atoms with E-state index in [0.717, 1.165) is 19.6 Å². The van der Waals surface area contributed by atoms with Crippen molar-refractivity contribution in [3.05, 3.63) is 53.9 Å². The largest absolute Gasteiger partial charge is 0.349 e. The number of likely N-dealkylation sites (N-methyl/N-ethyl adjacent to an activating group) is 1. The predicted octanol–water partition coefficient (Wildman–Crippen LogP) is 2.88. The number of halogens is 2. The van der Waals surface area contributed by atoms with Gasteiger partial charge in [0.05, 0.1) is 11.9 Å². The maximum absolute atomic E-state index is 13.7. The van der Waals surface area contributed by atoms with E-state index >= 15 is 0 Å². The van der Waals surface area contributed by atoms with Crippen LogP contribution in [0.1, 0.15) is 17.4 Å². The minimum absolute atomic E-state index is 0.126. The van der Waals surface area contributed by atoms with Gasteiger partial charge in [-0.2, -0.15) is 0 Å². The molecule has 3 rings (SSSR count). The highest BCUT2D eigenvalue weighted by atomic mass is 19.1. The Morgan fingerprint density at radius 1 is 1.12 bits per heavy atom. The molecule has 1 aromatic carbocycles. The number of amides is 1. The zero-order valence-corrected chi connectivity index (χ0v) is 14.0. The van der Waals surface area contributed by atoms with Gasteiger partial charge in [-0.05, 0) is 30.8 Å². The molecule has 0 bridgehead atoms. The third kappa shape index (κ3) is 3.93. The molecule has 2 aromatic rings. The average molecular weight is 346 g/mol. The van der Waals surface area contributed by atoms with Gasteiger partial charge in [-0.3, -0.25) is 4.79 Å². The van der Waals surface area contributed by atoms with E-state index in [1.165, 1.54) is 24.4 Å². The highest BCUT2D eigenvalue weighted by Gasteiger charge is 2.22. The molecule has 1 fully saturated rings. The molecule has 1 N–H and O–H groups in total. The Kier molecular flexibility index (Phi) is 5.23. The summed E-state index contributed by atoms with van der Waals surface area (Å²) in [5, 5.41) is 2.66. The maximum Gasteiger partial charge on any atom is 0.272 e. The summed E-state index contributed by atoms with van der Waals surface area (Å²) in [5.41, 5.74) is 0.500. The molecule has 1 amide bonds. The van der Waals surface area contributed by atoms with E-state index < -0.39 is 11.6 Å². The first-order valence-electron chi connectivity index (χ1n) is 8.27. The summed E-state index contributed by atoms with van der Waals surface area (Å²) < 4.78 is 27.3. The number of nitrogens with one attached hydrogen (secondary N) is 1. The minimum Gasteiger partial charge on any atom is -0.349 e. The summed E-state index contributed by atoms with van der Waals surface area (Å²) in [7, 11) is 0. The van der Waals surface area contributed by atoms with Crippen LogP contribution in [0.3, 0.4) is 0 Å². The second-order valence-electron chi connectivity index (χ2n) is 5.88. The molecule has 1 aliphatic rings. The van der Waals surface area contributed by atoms with Crippen LogP contribution in [0.2, 0.25) is 0 Å². The molecular formula is C18H20F2N4O. The number of hydrogen-bond donors (Lipinski definition) is 1. The number of anilines is 2. The number of para-hydroxylation sites is 1. The number of nitrogens with zero attached hydrogens (tertiary/aromatic N) is 3. The molecule has 1 aromatic heterocycles. The van der Waals surface area contributed by atoms with Gasteiger partial charge < -0.3 is 15.1 Å². The van der Waals surface area contributed by atoms with Crippen molar-refractivity contribution in [2.75, 3.05) is 38.0 Å². The van der Waals surface area contributed by atoms with Crippen molar-refractivity contribution >= 4 is 17.3 Å². The third-order valence-electron chi connectivity index (χ3n) is 4.32. The molecule has 132 valence electrons. The third-order valence-corrected chi connectivity index (χ3v) is 4.32. The molecule has 1 aliphatic heterocycles. The van der Waals surface area contributed by atoms with E-state index in [0.29, 0.717) is 24.5 Å². The first kappa shape index (κ1) is 17.3. The van der Waals surface area contributed by atoms with Crippen LogP contribution in [0, 0.1) is 11.6 Å². The van der Waals surface area contributed by atoms with Crippen molar-refractivity contribution < 1.29 is 13.6 Å². The summed E-state index contributed by atoms with van der Waals surface area (Å²) >= 11 is 0. The van der Waals surface area contributed by atoms with Gasteiger partial charge in [0.15, 0.2) is 0 Å².